The average molecular weight is 433 g/mol. The van der Waals surface area contributed by atoms with Crippen LogP contribution < -0.4 is 11.1 Å². The SMILES string of the molecule is CCCCCCN=C(N)NCCc1ccc(C(=O)OC)cc1.I. The molecule has 0 fully saturated rings. The molecule has 5 nitrogen and oxygen atoms in total. The third-order valence-corrected chi connectivity index (χ3v) is 3.39. The largest absolute Gasteiger partial charge is 0.465 e. The van der Waals surface area contributed by atoms with Crippen molar-refractivity contribution in [1.29, 1.82) is 0 Å². The second-order valence-electron chi connectivity index (χ2n) is 5.19. The molecule has 1 aromatic rings. The number of rotatable bonds is 9. The van der Waals surface area contributed by atoms with Crippen LogP contribution in [0, 0.1) is 0 Å². The molecule has 0 bridgehead atoms. The van der Waals surface area contributed by atoms with Gasteiger partial charge < -0.3 is 15.8 Å². The molecule has 130 valence electrons. The third kappa shape index (κ3) is 9.43. The molecule has 6 heteroatoms. The van der Waals surface area contributed by atoms with Gasteiger partial charge in [-0.15, -0.1) is 24.0 Å². The normalized spacial score (nSPS) is 10.8. The van der Waals surface area contributed by atoms with E-state index in [1.165, 1.54) is 26.4 Å². The number of nitrogens with one attached hydrogen (secondary N) is 1. The van der Waals surface area contributed by atoms with E-state index >= 15 is 0 Å². The van der Waals surface area contributed by atoms with E-state index in [4.69, 9.17) is 5.73 Å². The van der Waals surface area contributed by atoms with Crippen molar-refractivity contribution in [3.05, 3.63) is 35.4 Å². The number of nitrogens with two attached hydrogens (primary N) is 1. The molecule has 0 saturated heterocycles. The van der Waals surface area contributed by atoms with Crippen molar-refractivity contribution in [3.8, 4) is 0 Å². The van der Waals surface area contributed by atoms with Gasteiger partial charge in [-0.3, -0.25) is 4.99 Å². The van der Waals surface area contributed by atoms with Crippen LogP contribution in [0.3, 0.4) is 0 Å². The number of nitrogens with zero attached hydrogens (tertiary/aromatic N) is 1. The lowest BCUT2D eigenvalue weighted by atomic mass is 10.1. The van der Waals surface area contributed by atoms with Crippen LogP contribution in [0.4, 0.5) is 0 Å². The molecule has 23 heavy (non-hydrogen) atoms. The van der Waals surface area contributed by atoms with Gasteiger partial charge in [0, 0.05) is 13.1 Å². The van der Waals surface area contributed by atoms with Gasteiger partial charge in [-0.2, -0.15) is 0 Å². The Bertz CT molecular complexity index is 475. The van der Waals surface area contributed by atoms with Crippen LogP contribution in [-0.4, -0.2) is 32.1 Å². The smallest absolute Gasteiger partial charge is 0.337 e. The van der Waals surface area contributed by atoms with E-state index in [0.717, 1.165) is 31.5 Å². The summed E-state index contributed by atoms with van der Waals surface area (Å²) in [4.78, 5) is 15.6. The minimum Gasteiger partial charge on any atom is -0.465 e. The van der Waals surface area contributed by atoms with Crippen molar-refractivity contribution in [2.24, 2.45) is 10.7 Å². The molecular weight excluding hydrogens is 405 g/mol. The number of carbonyl (C=O) groups excluding carboxylic acids is 1. The van der Waals surface area contributed by atoms with Crippen molar-refractivity contribution >= 4 is 35.9 Å². The quantitative estimate of drug-likeness (QED) is 0.206. The summed E-state index contributed by atoms with van der Waals surface area (Å²) in [6, 6.07) is 7.39. The zero-order chi connectivity index (χ0) is 16.2. The van der Waals surface area contributed by atoms with Crippen LogP contribution in [-0.2, 0) is 11.2 Å². The van der Waals surface area contributed by atoms with Gasteiger partial charge in [0.15, 0.2) is 5.96 Å². The van der Waals surface area contributed by atoms with Gasteiger partial charge in [-0.25, -0.2) is 4.79 Å². The van der Waals surface area contributed by atoms with E-state index in [9.17, 15) is 4.79 Å². The molecule has 0 saturated carbocycles. The fraction of sp³-hybridized carbons (Fsp3) is 0.529. The average Bonchev–Trinajstić information content (AvgIpc) is 2.54. The van der Waals surface area contributed by atoms with E-state index < -0.39 is 0 Å². The standard InChI is InChI=1S/C17H27N3O2.HI/c1-3-4-5-6-12-19-17(18)20-13-11-14-7-9-15(10-8-14)16(21)22-2;/h7-10H,3-6,11-13H2,1-2H3,(H3,18,19,20);1H. The Labute approximate surface area is 156 Å². The van der Waals surface area contributed by atoms with Crippen LogP contribution in [0.25, 0.3) is 0 Å². The topological polar surface area (TPSA) is 76.7 Å². The van der Waals surface area contributed by atoms with Crippen molar-refractivity contribution in [2.45, 2.75) is 39.0 Å². The summed E-state index contributed by atoms with van der Waals surface area (Å²) in [6.45, 7) is 3.70. The summed E-state index contributed by atoms with van der Waals surface area (Å²) in [7, 11) is 1.38. The number of halogens is 1. The number of hydrogen-bond acceptors (Lipinski definition) is 3. The molecular formula is C17H28IN3O2. The Morgan fingerprint density at radius 1 is 1.22 bits per heavy atom. The number of guanidine groups is 1. The lowest BCUT2D eigenvalue weighted by Gasteiger charge is -2.06. The lowest BCUT2D eigenvalue weighted by molar-refractivity contribution is 0.0600. The monoisotopic (exact) mass is 433 g/mol. The Morgan fingerprint density at radius 3 is 2.52 bits per heavy atom. The molecule has 0 aliphatic rings. The van der Waals surface area contributed by atoms with E-state index in [1.54, 1.807) is 12.1 Å². The molecule has 0 heterocycles. The molecule has 3 N–H and O–H groups in total. The van der Waals surface area contributed by atoms with Gasteiger partial charge in [0.2, 0.25) is 0 Å². The maximum atomic E-state index is 11.3. The van der Waals surface area contributed by atoms with Gasteiger partial charge in [0.05, 0.1) is 12.7 Å². The molecule has 0 atom stereocenters. The first-order valence-corrected chi connectivity index (χ1v) is 7.88. The van der Waals surface area contributed by atoms with E-state index in [1.807, 2.05) is 12.1 Å². The number of carbonyl (C=O) groups is 1. The second-order valence-corrected chi connectivity index (χ2v) is 5.19. The highest BCUT2D eigenvalue weighted by Crippen LogP contribution is 2.06. The number of ether oxygens (including phenoxy) is 1. The fourth-order valence-corrected chi connectivity index (χ4v) is 2.05. The molecule has 0 spiro atoms. The minimum absolute atomic E-state index is 0. The summed E-state index contributed by atoms with van der Waals surface area (Å²) in [5, 5.41) is 3.11. The Morgan fingerprint density at radius 2 is 1.91 bits per heavy atom. The summed E-state index contributed by atoms with van der Waals surface area (Å²) < 4.78 is 4.67. The van der Waals surface area contributed by atoms with Gasteiger partial charge in [0.1, 0.15) is 0 Å². The number of methoxy groups -OCH3 is 1. The Balaban J connectivity index is 0.00000484. The van der Waals surface area contributed by atoms with Crippen molar-refractivity contribution in [2.75, 3.05) is 20.2 Å². The number of benzene rings is 1. The van der Waals surface area contributed by atoms with Crippen molar-refractivity contribution in [3.63, 3.8) is 0 Å². The Kier molecular flexibility index (Phi) is 12.4. The highest BCUT2D eigenvalue weighted by Gasteiger charge is 2.04. The Hall–Kier alpha value is -1.31. The molecule has 1 rings (SSSR count). The third-order valence-electron chi connectivity index (χ3n) is 3.39. The highest BCUT2D eigenvalue weighted by atomic mass is 127. The first-order valence-electron chi connectivity index (χ1n) is 7.88. The molecule has 0 aliphatic heterocycles. The number of unbranched alkanes of at least 4 members (excludes halogenated alkanes) is 3. The van der Waals surface area contributed by atoms with E-state index in [-0.39, 0.29) is 29.9 Å². The first-order chi connectivity index (χ1) is 10.7. The summed E-state index contributed by atoms with van der Waals surface area (Å²) >= 11 is 0. The molecule has 1 aromatic carbocycles. The molecule has 0 radical (unpaired) electrons. The number of esters is 1. The molecule has 0 aliphatic carbocycles. The molecule has 0 amide bonds. The fourth-order valence-electron chi connectivity index (χ4n) is 2.05. The van der Waals surface area contributed by atoms with Crippen molar-refractivity contribution < 1.29 is 9.53 Å². The van der Waals surface area contributed by atoms with Crippen LogP contribution >= 0.6 is 24.0 Å². The van der Waals surface area contributed by atoms with Crippen LogP contribution in [0.1, 0.15) is 48.5 Å². The minimum atomic E-state index is -0.316. The lowest BCUT2D eigenvalue weighted by Crippen LogP contribution is -2.33. The zero-order valence-electron chi connectivity index (χ0n) is 14.0. The number of aliphatic imine (C=N–C) groups is 1. The van der Waals surface area contributed by atoms with Crippen LogP contribution in [0.2, 0.25) is 0 Å². The van der Waals surface area contributed by atoms with Crippen LogP contribution in [0.15, 0.2) is 29.3 Å². The second kappa shape index (κ2) is 13.2. The summed E-state index contributed by atoms with van der Waals surface area (Å²) in [6.07, 6.45) is 5.61. The molecule has 0 unspecified atom stereocenters. The summed E-state index contributed by atoms with van der Waals surface area (Å²) in [5.41, 5.74) is 7.51. The summed E-state index contributed by atoms with van der Waals surface area (Å²) in [5.74, 6) is 0.187. The predicted molar refractivity (Wildman–Crippen MR) is 106 cm³/mol. The maximum Gasteiger partial charge on any atom is 0.337 e. The van der Waals surface area contributed by atoms with E-state index in [0.29, 0.717) is 11.5 Å². The van der Waals surface area contributed by atoms with Gasteiger partial charge >= 0.3 is 5.97 Å². The van der Waals surface area contributed by atoms with Gasteiger partial charge in [-0.05, 0) is 30.5 Å². The zero-order valence-corrected chi connectivity index (χ0v) is 16.3. The van der Waals surface area contributed by atoms with Gasteiger partial charge in [0.25, 0.3) is 0 Å². The highest BCUT2D eigenvalue weighted by molar-refractivity contribution is 14.0. The van der Waals surface area contributed by atoms with Crippen molar-refractivity contribution in [1.82, 2.24) is 5.32 Å². The molecule has 0 aromatic heterocycles. The van der Waals surface area contributed by atoms with Crippen LogP contribution in [0.5, 0.6) is 0 Å². The van der Waals surface area contributed by atoms with Gasteiger partial charge in [-0.1, -0.05) is 38.3 Å². The first kappa shape index (κ1) is 21.7. The predicted octanol–water partition coefficient (Wildman–Crippen LogP) is 3.12. The number of hydrogen-bond donors (Lipinski definition) is 2. The van der Waals surface area contributed by atoms with E-state index in [2.05, 4.69) is 22.0 Å². The maximum absolute atomic E-state index is 11.3.